The van der Waals surface area contributed by atoms with Crippen LogP contribution in [0.3, 0.4) is 0 Å². The lowest BCUT2D eigenvalue weighted by molar-refractivity contribution is 0.623. The maximum absolute atomic E-state index is 6.64. The van der Waals surface area contributed by atoms with Crippen LogP contribution >= 0.6 is 0 Å². The van der Waals surface area contributed by atoms with E-state index in [2.05, 4.69) is 251 Å². The van der Waals surface area contributed by atoms with E-state index in [1.165, 1.54) is 0 Å². The van der Waals surface area contributed by atoms with Gasteiger partial charge in [-0.3, -0.25) is 0 Å². The Kier molecular flexibility index (Phi) is 10.5. The van der Waals surface area contributed by atoms with Crippen molar-refractivity contribution in [2.45, 2.75) is 0 Å². The number of anilines is 9. The number of fused-ring (bicyclic) bond motifs is 5. The number of oxazole rings is 1. The van der Waals surface area contributed by atoms with Gasteiger partial charge < -0.3 is 19.1 Å². The molecule has 0 N–H and O–H groups in total. The standard InChI is InChI=1S/C63H44N4O/c1-6-20-45(21-7-1)57-34-16-17-35-60(57)67(51-28-14-5-15-29-51)55-33-19-32-54(43-55)65(49-24-10-3-11-25-49)52-30-18-31-53(42-52)66(50-26-12-4-13-27-50)56-40-38-46-36-37-47-39-41-59-62(61(47)58(46)44-56)68-63(64-59)48-22-8-2-9-23-48/h1-44H. The van der Waals surface area contributed by atoms with Crippen molar-refractivity contribution in [3.05, 3.63) is 267 Å². The van der Waals surface area contributed by atoms with Crippen molar-refractivity contribution in [2.24, 2.45) is 0 Å². The summed E-state index contributed by atoms with van der Waals surface area (Å²) in [5.41, 5.74) is 14.3. The van der Waals surface area contributed by atoms with Crippen LogP contribution in [-0.2, 0) is 0 Å². The first-order chi connectivity index (χ1) is 33.7. The Labute approximate surface area is 395 Å². The third kappa shape index (κ3) is 7.58. The minimum absolute atomic E-state index is 0.613. The average Bonchev–Trinajstić information content (AvgIpc) is 3.86. The molecular formula is C63H44N4O. The lowest BCUT2D eigenvalue weighted by Crippen LogP contribution is -2.14. The van der Waals surface area contributed by atoms with Crippen LogP contribution in [0.1, 0.15) is 0 Å². The molecule has 0 saturated carbocycles. The van der Waals surface area contributed by atoms with E-state index in [0.29, 0.717) is 5.89 Å². The van der Waals surface area contributed by atoms with Crippen LogP contribution < -0.4 is 14.7 Å². The summed E-state index contributed by atoms with van der Waals surface area (Å²) in [6, 6.07) is 94.3. The zero-order valence-corrected chi connectivity index (χ0v) is 37.1. The van der Waals surface area contributed by atoms with Crippen molar-refractivity contribution >= 4 is 83.8 Å². The highest BCUT2D eigenvalue weighted by Crippen LogP contribution is 2.46. The van der Waals surface area contributed by atoms with E-state index in [-0.39, 0.29) is 0 Å². The largest absolute Gasteiger partial charge is 0.435 e. The minimum atomic E-state index is 0.613. The van der Waals surface area contributed by atoms with E-state index in [4.69, 9.17) is 9.40 Å². The fourth-order valence-electron chi connectivity index (χ4n) is 9.48. The van der Waals surface area contributed by atoms with Gasteiger partial charge in [-0.1, -0.05) is 158 Å². The Bertz CT molecular complexity index is 3690. The molecule has 0 fully saturated rings. The van der Waals surface area contributed by atoms with E-state index < -0.39 is 0 Å². The average molecular weight is 873 g/mol. The number of rotatable bonds is 11. The fourth-order valence-corrected chi connectivity index (χ4v) is 9.48. The molecule has 0 aliphatic heterocycles. The molecule has 1 aromatic heterocycles. The predicted octanol–water partition coefficient (Wildman–Crippen LogP) is 17.9. The van der Waals surface area contributed by atoms with Crippen LogP contribution in [0.25, 0.3) is 55.2 Å². The van der Waals surface area contributed by atoms with Crippen LogP contribution in [0.2, 0.25) is 0 Å². The highest BCUT2D eigenvalue weighted by Gasteiger charge is 2.22. The quantitative estimate of drug-likeness (QED) is 0.121. The van der Waals surface area contributed by atoms with Crippen LogP contribution in [0.15, 0.2) is 271 Å². The molecule has 0 atom stereocenters. The molecule has 0 aliphatic rings. The monoisotopic (exact) mass is 872 g/mol. The Morgan fingerprint density at radius 2 is 0.735 bits per heavy atom. The molecule has 0 aliphatic carbocycles. The summed E-state index contributed by atoms with van der Waals surface area (Å²) < 4.78 is 6.64. The Balaban J connectivity index is 1.00. The van der Waals surface area contributed by atoms with Gasteiger partial charge in [-0.25, -0.2) is 4.98 Å². The van der Waals surface area contributed by atoms with E-state index in [0.717, 1.165) is 101 Å². The van der Waals surface area contributed by atoms with Gasteiger partial charge in [0.1, 0.15) is 5.52 Å². The molecule has 0 radical (unpaired) electrons. The number of benzene rings is 11. The number of para-hydroxylation sites is 4. The zero-order chi connectivity index (χ0) is 45.2. The smallest absolute Gasteiger partial charge is 0.227 e. The zero-order valence-electron chi connectivity index (χ0n) is 37.1. The van der Waals surface area contributed by atoms with E-state index in [9.17, 15) is 0 Å². The van der Waals surface area contributed by atoms with Crippen molar-refractivity contribution in [3.8, 4) is 22.6 Å². The molecule has 5 heteroatoms. The van der Waals surface area contributed by atoms with Gasteiger partial charge in [0.25, 0.3) is 0 Å². The summed E-state index contributed by atoms with van der Waals surface area (Å²) >= 11 is 0. The highest BCUT2D eigenvalue weighted by molar-refractivity contribution is 6.18. The topological polar surface area (TPSA) is 35.8 Å². The van der Waals surface area contributed by atoms with Gasteiger partial charge >= 0.3 is 0 Å². The van der Waals surface area contributed by atoms with Crippen molar-refractivity contribution in [1.82, 2.24) is 4.98 Å². The molecule has 5 nitrogen and oxygen atoms in total. The van der Waals surface area contributed by atoms with Crippen molar-refractivity contribution in [2.75, 3.05) is 14.7 Å². The Morgan fingerprint density at radius 1 is 0.309 bits per heavy atom. The summed E-state index contributed by atoms with van der Waals surface area (Å²) in [5.74, 6) is 0.613. The van der Waals surface area contributed by atoms with Crippen LogP contribution in [0, 0.1) is 0 Å². The number of hydrogen-bond acceptors (Lipinski definition) is 5. The Morgan fingerprint density at radius 3 is 1.32 bits per heavy atom. The maximum atomic E-state index is 6.64. The summed E-state index contributed by atoms with van der Waals surface area (Å²) in [4.78, 5) is 12.0. The molecule has 0 bridgehead atoms. The van der Waals surface area contributed by atoms with Crippen molar-refractivity contribution < 1.29 is 4.42 Å². The molecule has 0 saturated heterocycles. The van der Waals surface area contributed by atoms with Crippen molar-refractivity contribution in [3.63, 3.8) is 0 Å². The fraction of sp³-hybridized carbons (Fsp3) is 0. The first kappa shape index (κ1) is 40.3. The molecule has 0 spiro atoms. The lowest BCUT2D eigenvalue weighted by atomic mass is 10.00. The SMILES string of the molecule is c1ccc(-c2nc3ccc4ccc5ccc(N(c6ccccc6)c6cccc(N(c7ccccc7)c7cccc(N(c8ccccc8)c8ccccc8-c8ccccc8)c7)c6)cc5c4c3o2)cc1. The second-order valence-electron chi connectivity index (χ2n) is 16.8. The first-order valence-corrected chi connectivity index (χ1v) is 23.0. The summed E-state index contributed by atoms with van der Waals surface area (Å²) in [6.45, 7) is 0. The van der Waals surface area contributed by atoms with E-state index in [1.54, 1.807) is 0 Å². The van der Waals surface area contributed by atoms with Gasteiger partial charge in [0.15, 0.2) is 5.58 Å². The van der Waals surface area contributed by atoms with Gasteiger partial charge in [0, 0.05) is 62.0 Å². The third-order valence-corrected chi connectivity index (χ3v) is 12.6. The van der Waals surface area contributed by atoms with Crippen molar-refractivity contribution in [1.29, 1.82) is 0 Å². The summed E-state index contributed by atoms with van der Waals surface area (Å²) in [7, 11) is 0. The van der Waals surface area contributed by atoms with Crippen LogP contribution in [0.5, 0.6) is 0 Å². The molecule has 0 amide bonds. The highest BCUT2D eigenvalue weighted by atomic mass is 16.3. The third-order valence-electron chi connectivity index (χ3n) is 12.6. The van der Waals surface area contributed by atoms with Gasteiger partial charge in [0.05, 0.1) is 5.69 Å². The van der Waals surface area contributed by atoms with Gasteiger partial charge in [0.2, 0.25) is 5.89 Å². The summed E-state index contributed by atoms with van der Waals surface area (Å²) in [6.07, 6.45) is 0. The number of nitrogens with zero attached hydrogens (tertiary/aromatic N) is 4. The normalized spacial score (nSPS) is 11.2. The maximum Gasteiger partial charge on any atom is 0.227 e. The number of hydrogen-bond donors (Lipinski definition) is 0. The molecule has 322 valence electrons. The van der Waals surface area contributed by atoms with Gasteiger partial charge in [-0.05, 0) is 131 Å². The lowest BCUT2D eigenvalue weighted by Gasteiger charge is -2.31. The second kappa shape index (κ2) is 17.7. The number of aromatic nitrogens is 1. The first-order valence-electron chi connectivity index (χ1n) is 23.0. The molecule has 12 rings (SSSR count). The second-order valence-corrected chi connectivity index (χ2v) is 16.8. The molecular weight excluding hydrogens is 829 g/mol. The molecule has 0 unspecified atom stereocenters. The van der Waals surface area contributed by atoms with Crippen LogP contribution in [0.4, 0.5) is 51.2 Å². The van der Waals surface area contributed by atoms with E-state index >= 15 is 0 Å². The molecule has 1 heterocycles. The molecule has 11 aromatic carbocycles. The molecule has 68 heavy (non-hydrogen) atoms. The summed E-state index contributed by atoms with van der Waals surface area (Å²) in [5, 5.41) is 4.36. The van der Waals surface area contributed by atoms with Gasteiger partial charge in [-0.2, -0.15) is 0 Å². The predicted molar refractivity (Wildman–Crippen MR) is 284 cm³/mol. The van der Waals surface area contributed by atoms with E-state index in [1.807, 2.05) is 30.3 Å². The Hall–Kier alpha value is -9.19. The van der Waals surface area contributed by atoms with Gasteiger partial charge in [-0.15, -0.1) is 0 Å². The molecule has 12 aromatic rings. The van der Waals surface area contributed by atoms with Crippen LogP contribution in [-0.4, -0.2) is 4.98 Å². The minimum Gasteiger partial charge on any atom is -0.435 e.